The third-order valence-corrected chi connectivity index (χ3v) is 8.89. The van der Waals surface area contributed by atoms with Gasteiger partial charge in [0, 0.05) is 16.1 Å². The van der Waals surface area contributed by atoms with Crippen LogP contribution in [0.5, 0.6) is 11.5 Å². The molecule has 0 saturated carbocycles. The molecule has 0 spiro atoms. The van der Waals surface area contributed by atoms with E-state index in [9.17, 15) is 9.59 Å². The van der Waals surface area contributed by atoms with Gasteiger partial charge in [0.15, 0.2) is 4.80 Å². The van der Waals surface area contributed by atoms with Crippen molar-refractivity contribution in [2.75, 3.05) is 6.61 Å². The van der Waals surface area contributed by atoms with Gasteiger partial charge in [0.1, 0.15) is 24.1 Å². The number of esters is 1. The highest BCUT2D eigenvalue weighted by Gasteiger charge is 2.35. The summed E-state index contributed by atoms with van der Waals surface area (Å²) >= 11 is 9.83. The van der Waals surface area contributed by atoms with Gasteiger partial charge in [0.2, 0.25) is 0 Å². The standard InChI is InChI=1S/C34H29ClIN3O5S/c1-5-42-33(41)29-20(4)38-34-39(30(29)25-8-6-7-9-27(25)44-19(2)3)32(40)28(45-34)15-23-14-24(35)16-26(36)31(23)43-18-22-12-10-21(17-37)11-13-22/h6-16,19,30H,5,18H2,1-4H3/b28-15-/t30-/m1/s1. The van der Waals surface area contributed by atoms with Crippen molar-refractivity contribution >= 4 is 57.6 Å². The molecule has 8 nitrogen and oxygen atoms in total. The number of thiazole rings is 1. The van der Waals surface area contributed by atoms with Gasteiger partial charge >= 0.3 is 5.97 Å². The van der Waals surface area contributed by atoms with E-state index >= 15 is 0 Å². The molecule has 0 aliphatic carbocycles. The van der Waals surface area contributed by atoms with Crippen molar-refractivity contribution in [1.82, 2.24) is 4.57 Å². The van der Waals surface area contributed by atoms with Gasteiger partial charge in [0.05, 0.1) is 43.7 Å². The molecule has 1 aromatic heterocycles. The van der Waals surface area contributed by atoms with E-state index in [2.05, 4.69) is 33.7 Å². The molecule has 3 aromatic carbocycles. The van der Waals surface area contributed by atoms with Crippen molar-refractivity contribution < 1.29 is 19.0 Å². The molecule has 0 amide bonds. The maximum atomic E-state index is 14.3. The summed E-state index contributed by atoms with van der Waals surface area (Å²) in [5.41, 5.74) is 3.13. The lowest BCUT2D eigenvalue weighted by Crippen LogP contribution is -2.40. The minimum absolute atomic E-state index is 0.133. The number of rotatable bonds is 9. The third kappa shape index (κ3) is 7.01. The Morgan fingerprint density at radius 1 is 1.20 bits per heavy atom. The number of hydrogen-bond acceptors (Lipinski definition) is 8. The van der Waals surface area contributed by atoms with Crippen LogP contribution in [0.15, 0.2) is 81.7 Å². The van der Waals surface area contributed by atoms with Crippen molar-refractivity contribution in [1.29, 1.82) is 5.26 Å². The fourth-order valence-corrected chi connectivity index (χ4v) is 7.22. The summed E-state index contributed by atoms with van der Waals surface area (Å²) in [5.74, 6) is 0.581. The second kappa shape index (κ2) is 14.0. The molecule has 1 atom stereocenters. The Kier molecular flexibility index (Phi) is 10.1. The number of aromatic nitrogens is 1. The van der Waals surface area contributed by atoms with E-state index in [4.69, 9.17) is 31.1 Å². The summed E-state index contributed by atoms with van der Waals surface area (Å²) in [4.78, 5) is 32.7. The summed E-state index contributed by atoms with van der Waals surface area (Å²) < 4.78 is 20.5. The van der Waals surface area contributed by atoms with Crippen LogP contribution in [0.25, 0.3) is 6.08 Å². The number of halogens is 2. The molecule has 45 heavy (non-hydrogen) atoms. The van der Waals surface area contributed by atoms with Crippen LogP contribution in [-0.2, 0) is 16.1 Å². The smallest absolute Gasteiger partial charge is 0.338 e. The number of benzene rings is 3. The molecule has 2 heterocycles. The fraction of sp³-hybridized carbons (Fsp3) is 0.235. The second-order valence-electron chi connectivity index (χ2n) is 10.4. The van der Waals surface area contributed by atoms with Crippen molar-refractivity contribution in [2.24, 2.45) is 4.99 Å². The third-order valence-electron chi connectivity index (χ3n) is 6.88. The maximum absolute atomic E-state index is 14.3. The van der Waals surface area contributed by atoms with Crippen LogP contribution in [-0.4, -0.2) is 23.2 Å². The normalized spacial score (nSPS) is 14.5. The quantitative estimate of drug-likeness (QED) is 0.147. The SMILES string of the molecule is CCOC(=O)C1=C(C)N=c2s/c(=C\c3cc(Cl)cc(I)c3OCc3ccc(C#N)cc3)c(=O)n2[C@@H]1c1ccccc1OC(C)C. The second-order valence-corrected chi connectivity index (χ2v) is 13.0. The van der Waals surface area contributed by atoms with Gasteiger partial charge in [0.25, 0.3) is 5.56 Å². The molecular weight excluding hydrogens is 725 g/mol. The van der Waals surface area contributed by atoms with Gasteiger partial charge in [-0.2, -0.15) is 5.26 Å². The molecule has 4 aromatic rings. The van der Waals surface area contributed by atoms with Gasteiger partial charge in [-0.05, 0) is 92.3 Å². The van der Waals surface area contributed by atoms with Crippen LogP contribution in [0.1, 0.15) is 56.0 Å². The molecule has 0 radical (unpaired) electrons. The lowest BCUT2D eigenvalue weighted by Gasteiger charge is -2.26. The molecule has 5 rings (SSSR count). The minimum atomic E-state index is -0.816. The average molecular weight is 754 g/mol. The van der Waals surface area contributed by atoms with Crippen molar-refractivity contribution in [2.45, 2.75) is 46.4 Å². The highest BCUT2D eigenvalue weighted by atomic mass is 127. The number of nitrogens with zero attached hydrogens (tertiary/aromatic N) is 3. The van der Waals surface area contributed by atoms with Gasteiger partial charge in [-0.1, -0.05) is 53.3 Å². The molecule has 230 valence electrons. The highest BCUT2D eigenvalue weighted by Crippen LogP contribution is 2.36. The predicted octanol–water partition coefficient (Wildman–Crippen LogP) is 6.29. The number of carbonyl (C=O) groups excluding carboxylic acids is 1. The van der Waals surface area contributed by atoms with E-state index in [1.165, 1.54) is 15.9 Å². The van der Waals surface area contributed by atoms with E-state index in [0.29, 0.717) is 48.2 Å². The van der Waals surface area contributed by atoms with E-state index in [-0.39, 0.29) is 30.5 Å². The van der Waals surface area contributed by atoms with E-state index in [0.717, 1.165) is 9.13 Å². The Morgan fingerprint density at radius 2 is 1.93 bits per heavy atom. The topological polar surface area (TPSA) is 103 Å². The number of para-hydroxylation sites is 1. The molecule has 0 saturated heterocycles. The van der Waals surface area contributed by atoms with Crippen molar-refractivity contribution in [3.05, 3.63) is 122 Å². The maximum Gasteiger partial charge on any atom is 0.338 e. The Morgan fingerprint density at radius 3 is 2.62 bits per heavy atom. The summed E-state index contributed by atoms with van der Waals surface area (Å²) in [6, 6.07) is 19.4. The van der Waals surface area contributed by atoms with Crippen LogP contribution >= 0.6 is 45.5 Å². The first-order valence-corrected chi connectivity index (χ1v) is 16.4. The summed E-state index contributed by atoms with van der Waals surface area (Å²) in [5, 5.41) is 9.59. The van der Waals surface area contributed by atoms with Gasteiger partial charge in [-0.25, -0.2) is 9.79 Å². The van der Waals surface area contributed by atoms with E-state index < -0.39 is 12.0 Å². The Balaban J connectivity index is 1.66. The first-order valence-electron chi connectivity index (χ1n) is 14.2. The fourth-order valence-electron chi connectivity index (χ4n) is 4.97. The molecule has 11 heteroatoms. The molecular formula is C34H29ClIN3O5S. The molecule has 0 N–H and O–H groups in total. The minimum Gasteiger partial charge on any atom is -0.491 e. The summed E-state index contributed by atoms with van der Waals surface area (Å²) in [6.45, 7) is 7.75. The first kappa shape index (κ1) is 32.5. The van der Waals surface area contributed by atoms with Crippen LogP contribution < -0.4 is 24.4 Å². The Bertz CT molecular complexity index is 2030. The van der Waals surface area contributed by atoms with Gasteiger partial charge in [-0.3, -0.25) is 9.36 Å². The Labute approximate surface area is 283 Å². The molecule has 1 aliphatic rings. The lowest BCUT2D eigenvalue weighted by molar-refractivity contribution is -0.139. The predicted molar refractivity (Wildman–Crippen MR) is 182 cm³/mol. The number of ether oxygens (including phenoxy) is 3. The summed E-state index contributed by atoms with van der Waals surface area (Å²) in [7, 11) is 0. The van der Waals surface area contributed by atoms with Crippen molar-refractivity contribution in [3.63, 3.8) is 0 Å². The zero-order valence-electron chi connectivity index (χ0n) is 25.0. The van der Waals surface area contributed by atoms with Crippen molar-refractivity contribution in [3.8, 4) is 17.6 Å². The Hall–Kier alpha value is -3.92. The molecule has 1 aliphatic heterocycles. The number of carbonyl (C=O) groups is 1. The van der Waals surface area contributed by atoms with Crippen LogP contribution in [0.2, 0.25) is 5.02 Å². The zero-order chi connectivity index (χ0) is 32.2. The van der Waals surface area contributed by atoms with Crippen LogP contribution in [0, 0.1) is 14.9 Å². The highest BCUT2D eigenvalue weighted by molar-refractivity contribution is 14.1. The monoisotopic (exact) mass is 753 g/mol. The number of nitriles is 1. The van der Waals surface area contributed by atoms with E-state index in [1.54, 1.807) is 44.2 Å². The largest absolute Gasteiger partial charge is 0.491 e. The number of allylic oxidation sites excluding steroid dienone is 1. The average Bonchev–Trinajstić information content (AvgIpc) is 3.30. The first-order chi connectivity index (χ1) is 21.6. The molecule has 0 unspecified atom stereocenters. The van der Waals surface area contributed by atoms with Crippen LogP contribution in [0.3, 0.4) is 0 Å². The van der Waals surface area contributed by atoms with E-state index in [1.807, 2.05) is 50.2 Å². The number of hydrogen-bond donors (Lipinski definition) is 0. The molecule has 0 bridgehead atoms. The van der Waals surface area contributed by atoms with Gasteiger partial charge in [-0.15, -0.1) is 0 Å². The lowest BCUT2D eigenvalue weighted by atomic mass is 9.95. The summed E-state index contributed by atoms with van der Waals surface area (Å²) in [6.07, 6.45) is 1.61. The molecule has 0 fully saturated rings. The number of fused-ring (bicyclic) bond motifs is 1. The zero-order valence-corrected chi connectivity index (χ0v) is 28.7. The van der Waals surface area contributed by atoms with Crippen LogP contribution in [0.4, 0.5) is 0 Å². The van der Waals surface area contributed by atoms with Gasteiger partial charge < -0.3 is 14.2 Å².